The van der Waals surface area contributed by atoms with Gasteiger partial charge in [-0.2, -0.15) is 0 Å². The summed E-state index contributed by atoms with van der Waals surface area (Å²) >= 11 is 1.42. The molecule has 2 heterocycles. The van der Waals surface area contributed by atoms with Crippen LogP contribution >= 0.6 is 11.8 Å². The lowest BCUT2D eigenvalue weighted by Crippen LogP contribution is -2.40. The molecule has 0 aliphatic heterocycles. The summed E-state index contributed by atoms with van der Waals surface area (Å²) in [5.41, 5.74) is -0.230. The maximum absolute atomic E-state index is 12.5. The molecule has 0 radical (unpaired) electrons. The molecule has 0 aliphatic carbocycles. The number of aryl methyl sites for hydroxylation is 2. The number of nitrogens with zero attached hydrogens (tertiary/aromatic N) is 4. The highest BCUT2D eigenvalue weighted by atomic mass is 32.2. The van der Waals surface area contributed by atoms with Gasteiger partial charge in [-0.1, -0.05) is 30.0 Å². The van der Waals surface area contributed by atoms with E-state index in [1.165, 1.54) is 16.3 Å². The number of hydrogen-bond acceptors (Lipinski definition) is 5. The van der Waals surface area contributed by atoms with Crippen molar-refractivity contribution in [1.29, 1.82) is 0 Å². The van der Waals surface area contributed by atoms with Gasteiger partial charge in [0.25, 0.3) is 5.56 Å². The van der Waals surface area contributed by atoms with Crippen molar-refractivity contribution in [2.45, 2.75) is 16.6 Å². The van der Waals surface area contributed by atoms with Crippen LogP contribution in [0.4, 0.5) is 0 Å². The fourth-order valence-electron chi connectivity index (χ4n) is 2.41. The molecule has 0 saturated heterocycles. The standard InChI is InChI=1S/C15H16N4O3S/c1-17-11-12(16-14(17)23-10-6-4-3-5-7-10)18(2)15(22)19(8-9-20)13(11)21/h3-7,20H,8-9H2,1-2H3. The molecule has 0 aliphatic rings. The molecule has 2 aromatic heterocycles. The number of aliphatic hydroxyl groups excluding tert-OH is 1. The zero-order chi connectivity index (χ0) is 16.6. The van der Waals surface area contributed by atoms with Crippen LogP contribution in [0.1, 0.15) is 0 Å². The summed E-state index contributed by atoms with van der Waals surface area (Å²) in [4.78, 5) is 30.2. The molecule has 1 aromatic carbocycles. The Hall–Kier alpha value is -2.32. The maximum Gasteiger partial charge on any atom is 0.332 e. The molecule has 3 rings (SSSR count). The molecule has 0 bridgehead atoms. The quantitative estimate of drug-likeness (QED) is 0.756. The largest absolute Gasteiger partial charge is 0.395 e. The average Bonchev–Trinajstić information content (AvgIpc) is 2.87. The van der Waals surface area contributed by atoms with Crippen molar-refractivity contribution in [3.63, 3.8) is 0 Å². The van der Waals surface area contributed by atoms with E-state index in [0.717, 1.165) is 9.46 Å². The second kappa shape index (κ2) is 6.05. The minimum Gasteiger partial charge on any atom is -0.395 e. The van der Waals surface area contributed by atoms with E-state index in [9.17, 15) is 9.59 Å². The molecular formula is C15H16N4O3S. The van der Waals surface area contributed by atoms with Crippen molar-refractivity contribution in [3.05, 3.63) is 51.2 Å². The minimum absolute atomic E-state index is 0.0339. The van der Waals surface area contributed by atoms with Crippen molar-refractivity contribution in [3.8, 4) is 0 Å². The Morgan fingerprint density at radius 2 is 1.83 bits per heavy atom. The predicted molar refractivity (Wildman–Crippen MR) is 87.9 cm³/mol. The third kappa shape index (κ3) is 2.60. The SMILES string of the molecule is Cn1c(Sc2ccccc2)nc2c1c(=O)n(CCO)c(=O)n2C. The number of fused-ring (bicyclic) bond motifs is 1. The molecule has 8 heteroatoms. The van der Waals surface area contributed by atoms with E-state index in [4.69, 9.17) is 5.11 Å². The van der Waals surface area contributed by atoms with Gasteiger partial charge in [-0.25, -0.2) is 9.78 Å². The van der Waals surface area contributed by atoms with Gasteiger partial charge in [0.15, 0.2) is 16.3 Å². The number of aromatic nitrogens is 4. The van der Waals surface area contributed by atoms with Crippen LogP contribution in [0.2, 0.25) is 0 Å². The molecule has 7 nitrogen and oxygen atoms in total. The first-order chi connectivity index (χ1) is 11.0. The van der Waals surface area contributed by atoms with E-state index in [0.29, 0.717) is 16.3 Å². The monoisotopic (exact) mass is 332 g/mol. The highest BCUT2D eigenvalue weighted by Gasteiger charge is 2.18. The third-order valence-electron chi connectivity index (χ3n) is 3.59. The molecule has 0 atom stereocenters. The first-order valence-corrected chi connectivity index (χ1v) is 7.86. The van der Waals surface area contributed by atoms with Gasteiger partial charge in [0.05, 0.1) is 13.2 Å². The number of hydrogen-bond donors (Lipinski definition) is 1. The molecule has 120 valence electrons. The van der Waals surface area contributed by atoms with Crippen LogP contribution in [-0.2, 0) is 20.6 Å². The summed E-state index contributed by atoms with van der Waals surface area (Å²) in [5, 5.41) is 9.69. The van der Waals surface area contributed by atoms with Gasteiger partial charge in [0.2, 0.25) is 0 Å². The van der Waals surface area contributed by atoms with Crippen LogP contribution in [0.3, 0.4) is 0 Å². The van der Waals surface area contributed by atoms with Gasteiger partial charge in [-0.3, -0.25) is 13.9 Å². The van der Waals surface area contributed by atoms with Crippen molar-refractivity contribution < 1.29 is 5.11 Å². The Balaban J connectivity index is 2.23. The summed E-state index contributed by atoms with van der Waals surface area (Å²) < 4.78 is 4.05. The summed E-state index contributed by atoms with van der Waals surface area (Å²) in [5.74, 6) is 0. The van der Waals surface area contributed by atoms with E-state index in [-0.39, 0.29) is 13.2 Å². The second-order valence-electron chi connectivity index (χ2n) is 5.06. The first kappa shape index (κ1) is 15.6. The summed E-state index contributed by atoms with van der Waals surface area (Å²) in [6.07, 6.45) is 0. The molecule has 23 heavy (non-hydrogen) atoms. The van der Waals surface area contributed by atoms with Gasteiger partial charge in [-0.15, -0.1) is 0 Å². The molecule has 0 unspecified atom stereocenters. The predicted octanol–water partition coefficient (Wildman–Crippen LogP) is 0.577. The van der Waals surface area contributed by atoms with Gasteiger partial charge in [0, 0.05) is 19.0 Å². The number of benzene rings is 1. The van der Waals surface area contributed by atoms with Gasteiger partial charge in [0.1, 0.15) is 0 Å². The smallest absolute Gasteiger partial charge is 0.332 e. The van der Waals surface area contributed by atoms with Gasteiger partial charge >= 0.3 is 5.69 Å². The van der Waals surface area contributed by atoms with Crippen molar-refractivity contribution in [2.75, 3.05) is 6.61 Å². The summed E-state index contributed by atoms with van der Waals surface area (Å²) in [7, 11) is 3.32. The molecule has 0 saturated carbocycles. The average molecular weight is 332 g/mol. The normalized spacial score (nSPS) is 11.3. The fraction of sp³-hybridized carbons (Fsp3) is 0.267. The first-order valence-electron chi connectivity index (χ1n) is 7.04. The zero-order valence-electron chi connectivity index (χ0n) is 12.8. The van der Waals surface area contributed by atoms with Crippen molar-refractivity contribution in [2.24, 2.45) is 14.1 Å². The Morgan fingerprint density at radius 1 is 1.13 bits per heavy atom. The molecule has 0 spiro atoms. The number of rotatable bonds is 4. The topological polar surface area (TPSA) is 82.1 Å². The zero-order valence-corrected chi connectivity index (χ0v) is 13.6. The van der Waals surface area contributed by atoms with Crippen LogP contribution in [0.25, 0.3) is 11.2 Å². The Morgan fingerprint density at radius 3 is 2.48 bits per heavy atom. The lowest BCUT2D eigenvalue weighted by atomic mass is 10.4. The molecule has 0 amide bonds. The molecule has 0 fully saturated rings. The summed E-state index contributed by atoms with van der Waals surface area (Å²) in [6, 6.07) is 9.68. The molecule has 3 aromatic rings. The summed E-state index contributed by atoms with van der Waals surface area (Å²) in [6.45, 7) is -0.308. The minimum atomic E-state index is -0.481. The van der Waals surface area contributed by atoms with E-state index < -0.39 is 11.2 Å². The Bertz CT molecular complexity index is 972. The fourth-order valence-corrected chi connectivity index (χ4v) is 3.27. The number of aliphatic hydroxyl groups is 1. The van der Waals surface area contributed by atoms with Crippen LogP contribution in [0.15, 0.2) is 50.0 Å². The van der Waals surface area contributed by atoms with Gasteiger partial charge in [-0.05, 0) is 12.1 Å². The van der Waals surface area contributed by atoms with E-state index in [2.05, 4.69) is 4.98 Å². The molecular weight excluding hydrogens is 316 g/mol. The number of imidazole rings is 1. The van der Waals surface area contributed by atoms with Crippen LogP contribution < -0.4 is 11.2 Å². The van der Waals surface area contributed by atoms with E-state index in [1.54, 1.807) is 18.7 Å². The lowest BCUT2D eigenvalue weighted by Gasteiger charge is -2.06. The highest BCUT2D eigenvalue weighted by molar-refractivity contribution is 7.99. The third-order valence-corrected chi connectivity index (χ3v) is 4.65. The van der Waals surface area contributed by atoms with Crippen LogP contribution in [-0.4, -0.2) is 30.4 Å². The van der Waals surface area contributed by atoms with Crippen LogP contribution in [0, 0.1) is 0 Å². The Kier molecular flexibility index (Phi) is 4.10. The second-order valence-corrected chi connectivity index (χ2v) is 6.10. The lowest BCUT2D eigenvalue weighted by molar-refractivity contribution is 0.271. The van der Waals surface area contributed by atoms with Gasteiger partial charge < -0.3 is 9.67 Å². The maximum atomic E-state index is 12.5. The van der Waals surface area contributed by atoms with Crippen molar-refractivity contribution in [1.82, 2.24) is 18.7 Å². The highest BCUT2D eigenvalue weighted by Crippen LogP contribution is 2.27. The van der Waals surface area contributed by atoms with Crippen molar-refractivity contribution >= 4 is 22.9 Å². The Labute approximate surface area is 135 Å². The van der Waals surface area contributed by atoms with E-state index >= 15 is 0 Å². The van der Waals surface area contributed by atoms with Crippen LogP contribution in [0.5, 0.6) is 0 Å². The van der Waals surface area contributed by atoms with E-state index in [1.807, 2.05) is 30.3 Å². The molecule has 1 N–H and O–H groups in total.